The molecule has 0 N–H and O–H groups in total. The van der Waals surface area contributed by atoms with Crippen molar-refractivity contribution in [1.82, 2.24) is 4.90 Å². The van der Waals surface area contributed by atoms with Gasteiger partial charge in [0.1, 0.15) is 7.37 Å². The molecule has 0 aromatic carbocycles. The Morgan fingerprint density at radius 2 is 1.67 bits per heavy atom. The van der Waals surface area contributed by atoms with E-state index in [2.05, 4.69) is 0 Å². The fraction of sp³-hybridized carbons (Fsp3) is 0.667. The first-order valence-corrected chi connectivity index (χ1v) is 5.30. The number of carbonyl (C=O) groups excluding carboxylic acids is 2. The number of rotatable bonds is 4. The molecule has 0 aromatic heterocycles. The number of hydrogen-bond donors (Lipinski definition) is 0. The van der Waals surface area contributed by atoms with E-state index < -0.39 is 31.6 Å². The summed E-state index contributed by atoms with van der Waals surface area (Å²) in [5.41, 5.74) is -1.06. The molecule has 76 valence electrons. The minimum atomic E-state index is -4.28. The SMILES string of the molecule is CN(C)C(=O)P(=O)([O-])CCC(=O)[O-].[Na+].[Na+]. The van der Waals surface area contributed by atoms with E-state index in [4.69, 9.17) is 0 Å². The van der Waals surface area contributed by atoms with E-state index in [1.165, 1.54) is 14.1 Å². The largest absolute Gasteiger partial charge is 1.00 e. The number of amides is 1. The van der Waals surface area contributed by atoms with Crippen molar-refractivity contribution in [2.24, 2.45) is 0 Å². The first-order valence-electron chi connectivity index (χ1n) is 3.49. The summed E-state index contributed by atoms with van der Waals surface area (Å²) in [5.74, 6) is -1.48. The van der Waals surface area contributed by atoms with Crippen LogP contribution in [0.15, 0.2) is 0 Å². The van der Waals surface area contributed by atoms with E-state index in [9.17, 15) is 24.2 Å². The fourth-order valence-corrected chi connectivity index (χ4v) is 1.92. The third kappa shape index (κ3) is 8.89. The molecule has 0 aliphatic heterocycles. The van der Waals surface area contributed by atoms with E-state index in [-0.39, 0.29) is 59.1 Å². The summed E-state index contributed by atoms with van der Waals surface area (Å²) in [5, 5.41) is 9.94. The van der Waals surface area contributed by atoms with Gasteiger partial charge in [0, 0.05) is 26.2 Å². The fourth-order valence-electron chi connectivity index (χ4n) is 0.639. The molecule has 0 fully saturated rings. The minimum Gasteiger partial charge on any atom is -0.793 e. The van der Waals surface area contributed by atoms with Gasteiger partial charge in [0.2, 0.25) is 0 Å². The van der Waals surface area contributed by atoms with Gasteiger partial charge in [-0.2, -0.15) is 0 Å². The van der Waals surface area contributed by atoms with Crippen molar-refractivity contribution in [3.63, 3.8) is 0 Å². The summed E-state index contributed by atoms with van der Waals surface area (Å²) in [6.07, 6.45) is -1.34. The number of carbonyl (C=O) groups is 2. The van der Waals surface area contributed by atoms with Gasteiger partial charge in [-0.3, -0.25) is 4.79 Å². The molecule has 1 amide bonds. The van der Waals surface area contributed by atoms with Crippen molar-refractivity contribution in [3.05, 3.63) is 0 Å². The van der Waals surface area contributed by atoms with Crippen LogP contribution >= 0.6 is 7.37 Å². The van der Waals surface area contributed by atoms with Crippen molar-refractivity contribution < 1.29 is 83.3 Å². The van der Waals surface area contributed by atoms with Crippen molar-refractivity contribution in [2.75, 3.05) is 20.3 Å². The first kappa shape index (κ1) is 21.4. The standard InChI is InChI=1S/C6H12NO5P.2Na/c1-7(2)6(10)13(11,12)4-3-5(8)9;;/h3-4H2,1-2H3,(H,8,9)(H,11,12);;/q;2*+1/p-2. The van der Waals surface area contributed by atoms with Crippen LogP contribution in [-0.2, 0) is 9.36 Å². The third-order valence-electron chi connectivity index (χ3n) is 1.28. The topological polar surface area (TPSA) is 101 Å². The molecule has 6 nitrogen and oxygen atoms in total. The summed E-state index contributed by atoms with van der Waals surface area (Å²) in [6, 6.07) is 0. The zero-order valence-corrected chi connectivity index (χ0v) is 14.2. The third-order valence-corrected chi connectivity index (χ3v) is 3.08. The van der Waals surface area contributed by atoms with Gasteiger partial charge in [-0.1, -0.05) is 0 Å². The van der Waals surface area contributed by atoms with Crippen LogP contribution in [0.4, 0.5) is 4.79 Å². The molecule has 0 heterocycles. The monoisotopic (exact) mass is 253 g/mol. The molecular weight excluding hydrogens is 243 g/mol. The number of aliphatic carboxylic acids is 1. The summed E-state index contributed by atoms with van der Waals surface area (Å²) in [7, 11) is -1.71. The van der Waals surface area contributed by atoms with Gasteiger partial charge in [-0.25, -0.2) is 0 Å². The van der Waals surface area contributed by atoms with Gasteiger partial charge in [-0.05, 0) is 6.42 Å². The molecule has 15 heavy (non-hydrogen) atoms. The van der Waals surface area contributed by atoms with Gasteiger partial charge < -0.3 is 24.3 Å². The van der Waals surface area contributed by atoms with Crippen LogP contribution in [0.2, 0.25) is 0 Å². The number of carboxylic acids is 1. The molecular formula is C6H10NNa2O5P. The van der Waals surface area contributed by atoms with Crippen LogP contribution in [0.3, 0.4) is 0 Å². The van der Waals surface area contributed by atoms with Crippen LogP contribution in [-0.4, -0.2) is 36.8 Å². The summed E-state index contributed by atoms with van der Waals surface area (Å²) >= 11 is 0. The van der Waals surface area contributed by atoms with Crippen molar-refractivity contribution in [2.45, 2.75) is 6.42 Å². The van der Waals surface area contributed by atoms with Gasteiger partial charge in [0.25, 0.3) is 5.65 Å². The Bertz CT molecular complexity index is 270. The van der Waals surface area contributed by atoms with Crippen LogP contribution in [0.25, 0.3) is 0 Å². The van der Waals surface area contributed by atoms with E-state index in [0.717, 1.165) is 4.90 Å². The molecule has 0 aliphatic rings. The molecule has 0 aromatic rings. The van der Waals surface area contributed by atoms with Crippen LogP contribution in [0.5, 0.6) is 0 Å². The molecule has 1 atom stereocenters. The Balaban J connectivity index is -0.000000720. The smallest absolute Gasteiger partial charge is 0.793 e. The predicted molar refractivity (Wildman–Crippen MR) is 41.2 cm³/mol. The maximum Gasteiger partial charge on any atom is 1.00 e. The maximum atomic E-state index is 11.0. The van der Waals surface area contributed by atoms with Crippen LogP contribution in [0, 0.1) is 0 Å². The van der Waals surface area contributed by atoms with Crippen LogP contribution < -0.4 is 69.1 Å². The van der Waals surface area contributed by atoms with Crippen molar-refractivity contribution in [3.8, 4) is 0 Å². The van der Waals surface area contributed by atoms with Gasteiger partial charge in [0.15, 0.2) is 0 Å². The van der Waals surface area contributed by atoms with Gasteiger partial charge in [-0.15, -0.1) is 0 Å². The Kier molecular flexibility index (Phi) is 13.1. The molecule has 0 saturated heterocycles. The molecule has 0 spiro atoms. The molecule has 0 saturated carbocycles. The predicted octanol–water partition coefficient (Wildman–Crippen LogP) is -7.55. The Morgan fingerprint density at radius 1 is 1.27 bits per heavy atom. The summed E-state index contributed by atoms with van der Waals surface area (Å²) in [6.45, 7) is 0. The number of hydrogen-bond acceptors (Lipinski definition) is 5. The first-order chi connectivity index (χ1) is 5.77. The van der Waals surface area contributed by atoms with E-state index in [0.29, 0.717) is 0 Å². The zero-order valence-electron chi connectivity index (χ0n) is 9.35. The second-order valence-electron chi connectivity index (χ2n) is 2.70. The Morgan fingerprint density at radius 3 is 1.93 bits per heavy atom. The molecule has 0 aliphatic carbocycles. The number of nitrogens with zero attached hydrogens (tertiary/aromatic N) is 1. The molecule has 9 heteroatoms. The van der Waals surface area contributed by atoms with E-state index in [1.807, 2.05) is 0 Å². The van der Waals surface area contributed by atoms with Crippen molar-refractivity contribution >= 4 is 19.0 Å². The Labute approximate surface area is 132 Å². The molecule has 0 radical (unpaired) electrons. The summed E-state index contributed by atoms with van der Waals surface area (Å²) < 4.78 is 11.0. The van der Waals surface area contributed by atoms with Crippen molar-refractivity contribution in [1.29, 1.82) is 0 Å². The second-order valence-corrected chi connectivity index (χ2v) is 4.87. The average molecular weight is 253 g/mol. The summed E-state index contributed by atoms with van der Waals surface area (Å²) in [4.78, 5) is 32.8. The average Bonchev–Trinajstić information content (AvgIpc) is 1.99. The van der Waals surface area contributed by atoms with Gasteiger partial charge in [0.05, 0.1) is 0 Å². The van der Waals surface area contributed by atoms with Gasteiger partial charge >= 0.3 is 59.1 Å². The molecule has 0 bridgehead atoms. The second kappa shape index (κ2) is 9.19. The van der Waals surface area contributed by atoms with E-state index in [1.54, 1.807) is 0 Å². The minimum absolute atomic E-state index is 0. The van der Waals surface area contributed by atoms with Crippen LogP contribution in [0.1, 0.15) is 6.42 Å². The number of carboxylic acid groups (broad SMARTS) is 1. The maximum absolute atomic E-state index is 11.0. The molecule has 1 unspecified atom stereocenters. The van der Waals surface area contributed by atoms with E-state index >= 15 is 0 Å². The molecule has 0 rings (SSSR count). The quantitative estimate of drug-likeness (QED) is 0.366. The zero-order chi connectivity index (χ0) is 10.6. The Hall–Kier alpha value is 1.13. The normalized spacial score (nSPS) is 12.7.